The van der Waals surface area contributed by atoms with Gasteiger partial charge in [-0.2, -0.15) is 0 Å². The highest BCUT2D eigenvalue weighted by Gasteiger charge is 2.09. The Balaban J connectivity index is 3.38. The van der Waals surface area contributed by atoms with Crippen LogP contribution in [0.1, 0.15) is 19.3 Å². The van der Waals surface area contributed by atoms with Crippen molar-refractivity contribution in [1.82, 2.24) is 0 Å². The summed E-state index contributed by atoms with van der Waals surface area (Å²) in [5.41, 5.74) is 4.19. The average Bonchev–Trinajstić information content (AvgIpc) is 2.04. The fraction of sp³-hybridized carbons (Fsp3) is 0.833. The smallest absolute Gasteiger partial charge is 0.320 e. The Kier molecular flexibility index (Phi) is 3.18. The van der Waals surface area contributed by atoms with Crippen molar-refractivity contribution in [1.29, 1.82) is 0 Å². The van der Waals surface area contributed by atoms with Crippen LogP contribution in [0.15, 0.2) is 0 Å². The van der Waals surface area contributed by atoms with Gasteiger partial charge in [0.25, 0.3) is 0 Å². The number of carboxylic acid groups (broad SMARTS) is 1. The first-order valence-corrected chi connectivity index (χ1v) is 3.27. The van der Waals surface area contributed by atoms with Crippen molar-refractivity contribution >= 4 is 5.97 Å². The maximum absolute atomic E-state index is 10.4. The molecule has 0 aliphatic carbocycles. The zero-order valence-corrected chi connectivity index (χ0v) is 5.76. The molecule has 0 saturated heterocycles. The molecule has 0 fully saturated rings. The van der Waals surface area contributed by atoms with E-state index in [1.807, 2.05) is 5.73 Å². The molecule has 0 heterocycles. The second-order valence-electron chi connectivity index (χ2n) is 2.14. The summed E-state index contributed by atoms with van der Waals surface area (Å²) in [7, 11) is 0. The van der Waals surface area contributed by atoms with Gasteiger partial charge < -0.3 is 16.6 Å². The highest BCUT2D eigenvalue weighted by Crippen LogP contribution is 1.96. The third-order valence-electron chi connectivity index (χ3n) is 1.22. The van der Waals surface area contributed by atoms with Crippen LogP contribution in [0.5, 0.6) is 0 Å². The molecule has 0 rings (SSSR count). The van der Waals surface area contributed by atoms with E-state index in [9.17, 15) is 4.79 Å². The van der Waals surface area contributed by atoms with Gasteiger partial charge in [0, 0.05) is 0 Å². The van der Waals surface area contributed by atoms with Crippen molar-refractivity contribution in [3.05, 3.63) is 0 Å². The van der Waals surface area contributed by atoms with Crippen molar-refractivity contribution in [3.8, 4) is 0 Å². The lowest BCUT2D eigenvalue weighted by Gasteiger charge is -2.03. The molecule has 1 unspecified atom stereocenters. The third kappa shape index (κ3) is 4.29. The van der Waals surface area contributed by atoms with Gasteiger partial charge in [-0.15, -0.1) is 0 Å². The molecule has 4 nitrogen and oxygen atoms in total. The fourth-order valence-electron chi connectivity index (χ4n) is 0.597. The van der Waals surface area contributed by atoms with Gasteiger partial charge in [-0.1, -0.05) is 6.42 Å². The van der Waals surface area contributed by atoms with Gasteiger partial charge in [0.2, 0.25) is 0 Å². The lowest BCUT2D eigenvalue weighted by Crippen LogP contribution is -2.29. The summed E-state index contributed by atoms with van der Waals surface area (Å²) in [6.07, 6.45) is 1.89. The summed E-state index contributed by atoms with van der Waals surface area (Å²) < 4.78 is 13.3. The van der Waals surface area contributed by atoms with Gasteiger partial charge in [-0.25, -0.2) is 0 Å². The lowest BCUT2D eigenvalue weighted by molar-refractivity contribution is -0.138. The van der Waals surface area contributed by atoms with Crippen molar-refractivity contribution in [3.63, 3.8) is 0 Å². The highest BCUT2D eigenvalue weighted by molar-refractivity contribution is 5.72. The Morgan fingerprint density at radius 1 is 1.70 bits per heavy atom. The minimum absolute atomic E-state index is 0.431. The first-order chi connectivity index (χ1) is 5.72. The van der Waals surface area contributed by atoms with E-state index < -0.39 is 12.0 Å². The number of hydrogen-bond donors (Lipinski definition) is 3. The van der Waals surface area contributed by atoms with E-state index in [4.69, 9.17) is 7.93 Å². The summed E-state index contributed by atoms with van der Waals surface area (Å²) in [4.78, 5) is 10.4. The van der Waals surface area contributed by atoms with Gasteiger partial charge in [0.05, 0.1) is 0 Å². The Hall–Kier alpha value is -0.610. The number of hydrogen-bond acceptors (Lipinski definition) is 3. The van der Waals surface area contributed by atoms with Gasteiger partial charge in [0.15, 0.2) is 0 Å². The molecule has 0 radical (unpaired) electrons. The quantitative estimate of drug-likeness (QED) is 0.426. The van der Waals surface area contributed by atoms with Crippen molar-refractivity contribution in [2.45, 2.75) is 25.3 Å². The number of nitrogens with two attached hydrogens (primary N) is 2. The summed E-state index contributed by atoms with van der Waals surface area (Å²) >= 11 is 0. The molecule has 0 aliphatic rings. The molecule has 1 atom stereocenters. The van der Waals surface area contributed by atoms with E-state index in [0.717, 1.165) is 6.42 Å². The van der Waals surface area contributed by atoms with Crippen molar-refractivity contribution in [2.24, 2.45) is 11.5 Å². The van der Waals surface area contributed by atoms with Crippen LogP contribution in [0, 0.1) is 0 Å². The molecule has 0 amide bonds. The normalized spacial score (nSPS) is 15.6. The SMILES string of the molecule is [2H]NCCCCC(N[2H])C(=O)O. The third-order valence-corrected chi connectivity index (χ3v) is 1.22. The van der Waals surface area contributed by atoms with E-state index in [1.54, 1.807) is 0 Å². The Bertz CT molecular complexity index is 135. The van der Waals surface area contributed by atoms with Gasteiger partial charge >= 0.3 is 5.97 Å². The molecule has 4 heteroatoms. The summed E-state index contributed by atoms with van der Waals surface area (Å²) in [6, 6.07) is -0.782. The largest absolute Gasteiger partial charge is 0.480 e. The van der Waals surface area contributed by atoms with E-state index in [1.165, 1.54) is 0 Å². The zero-order chi connectivity index (χ0) is 9.40. The van der Waals surface area contributed by atoms with Gasteiger partial charge in [-0.05, 0) is 19.4 Å². The van der Waals surface area contributed by atoms with E-state index in [2.05, 4.69) is 5.73 Å². The molecular weight excluding hydrogens is 132 g/mol. The number of unbranched alkanes of at least 4 members (excludes halogenated alkanes) is 1. The Morgan fingerprint density at radius 2 is 2.50 bits per heavy atom. The van der Waals surface area contributed by atoms with Crippen LogP contribution >= 0.6 is 0 Å². The molecule has 0 aliphatic heterocycles. The first kappa shape index (κ1) is 6.12. The molecule has 5 N–H and O–H groups in total. The summed E-state index contributed by atoms with van der Waals surface area (Å²) in [6.45, 7) is 0.560. The second kappa shape index (κ2) is 5.20. The number of carboxylic acids is 1. The first-order valence-electron chi connectivity index (χ1n) is 4.27. The van der Waals surface area contributed by atoms with Crippen LogP contribution in [-0.4, -0.2) is 23.7 Å². The van der Waals surface area contributed by atoms with Gasteiger partial charge in [0.1, 0.15) is 8.87 Å². The second-order valence-corrected chi connectivity index (χ2v) is 2.14. The molecule has 0 aromatic carbocycles. The van der Waals surface area contributed by atoms with Gasteiger partial charge in [-0.3, -0.25) is 4.79 Å². The molecule has 0 spiro atoms. The average molecular weight is 148 g/mol. The van der Waals surface area contributed by atoms with E-state index in [-0.39, 0.29) is 0 Å². The van der Waals surface area contributed by atoms with Crippen LogP contribution in [0.25, 0.3) is 0 Å². The molecule has 0 saturated carbocycles. The minimum Gasteiger partial charge on any atom is -0.480 e. The summed E-state index contributed by atoms with van der Waals surface area (Å²) in [5, 5.41) is 8.49. The van der Waals surface area contributed by atoms with Crippen LogP contribution in [-0.2, 0) is 4.79 Å². The predicted octanol–water partition coefficient (Wildman–Crippen LogP) is -0.473. The monoisotopic (exact) mass is 148 g/mol. The maximum Gasteiger partial charge on any atom is 0.320 e. The molecule has 60 valence electrons. The minimum atomic E-state index is -0.996. The molecular formula is C6H14N2O2. The van der Waals surface area contributed by atoms with E-state index in [0.29, 0.717) is 19.4 Å². The summed E-state index contributed by atoms with van der Waals surface area (Å²) in [5.74, 6) is -0.996. The standard InChI is InChI=1S/C6H14N2O2/c7-4-2-1-3-5(8)6(9)10/h5H,1-4,7-8H2,(H,9,10)/i/hD2. The molecule has 10 heavy (non-hydrogen) atoms. The number of rotatable bonds is 7. The fourth-order valence-corrected chi connectivity index (χ4v) is 0.597. The predicted molar refractivity (Wildman–Crippen MR) is 38.5 cm³/mol. The van der Waals surface area contributed by atoms with Crippen LogP contribution < -0.4 is 11.5 Å². The molecule has 0 aromatic rings. The number of aliphatic carboxylic acids is 1. The molecule has 0 bridgehead atoms. The van der Waals surface area contributed by atoms with Crippen molar-refractivity contribution in [2.75, 3.05) is 6.54 Å². The van der Waals surface area contributed by atoms with Crippen LogP contribution in [0.3, 0.4) is 0 Å². The molecule has 0 aromatic heterocycles. The van der Waals surface area contributed by atoms with E-state index >= 15 is 0 Å². The highest BCUT2D eigenvalue weighted by atomic mass is 16.4. The topological polar surface area (TPSA) is 89.3 Å². The number of carbonyl (C=O) groups is 1. The zero-order valence-electron chi connectivity index (χ0n) is 7.76. The lowest BCUT2D eigenvalue weighted by atomic mass is 10.1. The Labute approximate surface area is 63.1 Å². The van der Waals surface area contributed by atoms with Crippen LogP contribution in [0.4, 0.5) is 0 Å². The van der Waals surface area contributed by atoms with Crippen LogP contribution in [0.2, 0.25) is 2.82 Å². The Morgan fingerprint density at radius 3 is 3.00 bits per heavy atom. The maximum atomic E-state index is 10.4. The van der Waals surface area contributed by atoms with Crippen molar-refractivity contribution < 1.29 is 12.7 Å².